The highest BCUT2D eigenvalue weighted by Crippen LogP contribution is 2.22. The lowest BCUT2D eigenvalue weighted by molar-refractivity contribution is 0.468. The van der Waals surface area contributed by atoms with Crippen LogP contribution in [-0.4, -0.2) is 5.11 Å². The highest BCUT2D eigenvalue weighted by atomic mass is 35.5. The Morgan fingerprint density at radius 1 is 1.50 bits per heavy atom. The third-order valence-electron chi connectivity index (χ3n) is 1.55. The number of benzene rings is 1. The van der Waals surface area contributed by atoms with Gasteiger partial charge in [-0.15, -0.1) is 0 Å². The molecule has 0 heterocycles. The normalized spacial score (nSPS) is 9.33. The zero-order valence-corrected chi connectivity index (χ0v) is 7.17. The standard InChI is InChI=1S/C9H8ClNO/c10-8-3-4-9(12)7(6-8)2-1-5-11/h3-4,6,12H,1-2H2. The zero-order valence-electron chi connectivity index (χ0n) is 6.42. The average Bonchev–Trinajstić information content (AvgIpc) is 2.07. The number of rotatable bonds is 2. The Balaban J connectivity index is 2.84. The quantitative estimate of drug-likeness (QED) is 0.762. The maximum Gasteiger partial charge on any atom is 0.118 e. The zero-order chi connectivity index (χ0) is 8.97. The summed E-state index contributed by atoms with van der Waals surface area (Å²) in [6, 6.07) is 6.84. The van der Waals surface area contributed by atoms with Crippen LogP contribution in [0.2, 0.25) is 5.02 Å². The summed E-state index contributed by atoms with van der Waals surface area (Å²) in [4.78, 5) is 0. The molecule has 3 heteroatoms. The summed E-state index contributed by atoms with van der Waals surface area (Å²) >= 11 is 5.70. The summed E-state index contributed by atoms with van der Waals surface area (Å²) in [6.45, 7) is 0. The Bertz CT molecular complexity index is 317. The van der Waals surface area contributed by atoms with Crippen LogP contribution in [-0.2, 0) is 6.42 Å². The minimum absolute atomic E-state index is 0.203. The molecule has 0 aliphatic carbocycles. The SMILES string of the molecule is N#CCCc1cc(Cl)ccc1O. The third kappa shape index (κ3) is 2.14. The molecular formula is C9H8ClNO. The van der Waals surface area contributed by atoms with E-state index in [-0.39, 0.29) is 5.75 Å². The van der Waals surface area contributed by atoms with E-state index in [1.165, 1.54) is 6.07 Å². The highest BCUT2D eigenvalue weighted by Gasteiger charge is 2.00. The van der Waals surface area contributed by atoms with Gasteiger partial charge >= 0.3 is 0 Å². The molecule has 0 atom stereocenters. The first kappa shape index (κ1) is 8.89. The van der Waals surface area contributed by atoms with Crippen molar-refractivity contribution in [3.63, 3.8) is 0 Å². The molecule has 0 radical (unpaired) electrons. The molecule has 62 valence electrons. The van der Waals surface area contributed by atoms with Crippen LogP contribution in [0, 0.1) is 11.3 Å². The van der Waals surface area contributed by atoms with Crippen molar-refractivity contribution in [3.8, 4) is 11.8 Å². The first-order valence-corrected chi connectivity index (χ1v) is 3.96. The first-order valence-electron chi connectivity index (χ1n) is 3.58. The van der Waals surface area contributed by atoms with Crippen molar-refractivity contribution in [3.05, 3.63) is 28.8 Å². The number of phenolic OH excluding ortho intramolecular Hbond substituents is 1. The molecular weight excluding hydrogens is 174 g/mol. The van der Waals surface area contributed by atoms with Crippen LogP contribution in [0.5, 0.6) is 5.75 Å². The van der Waals surface area contributed by atoms with Crippen LogP contribution in [0.25, 0.3) is 0 Å². The lowest BCUT2D eigenvalue weighted by Gasteiger charge is -2.01. The second kappa shape index (κ2) is 3.99. The highest BCUT2D eigenvalue weighted by molar-refractivity contribution is 6.30. The smallest absolute Gasteiger partial charge is 0.118 e. The number of nitriles is 1. The van der Waals surface area contributed by atoms with Crippen LogP contribution >= 0.6 is 11.6 Å². The molecule has 1 rings (SSSR count). The number of aryl methyl sites for hydroxylation is 1. The van der Waals surface area contributed by atoms with E-state index in [1.807, 2.05) is 6.07 Å². The largest absolute Gasteiger partial charge is 0.508 e. The topological polar surface area (TPSA) is 44.0 Å². The molecule has 0 aromatic heterocycles. The van der Waals surface area contributed by atoms with Crippen molar-refractivity contribution < 1.29 is 5.11 Å². The van der Waals surface area contributed by atoms with Gasteiger partial charge in [-0.1, -0.05) is 11.6 Å². The maximum atomic E-state index is 9.29. The molecule has 1 aromatic rings. The van der Waals surface area contributed by atoms with E-state index < -0.39 is 0 Å². The number of halogens is 1. The van der Waals surface area contributed by atoms with Crippen LogP contribution in [0.3, 0.4) is 0 Å². The molecule has 1 aromatic carbocycles. The van der Waals surface area contributed by atoms with Crippen molar-refractivity contribution in [1.29, 1.82) is 5.26 Å². The molecule has 0 aliphatic heterocycles. The van der Waals surface area contributed by atoms with E-state index in [9.17, 15) is 5.11 Å². The maximum absolute atomic E-state index is 9.29. The Morgan fingerprint density at radius 3 is 2.92 bits per heavy atom. The van der Waals surface area contributed by atoms with Gasteiger partial charge in [0.05, 0.1) is 6.07 Å². The molecule has 0 spiro atoms. The minimum Gasteiger partial charge on any atom is -0.508 e. The summed E-state index contributed by atoms with van der Waals surface area (Å²) in [5.74, 6) is 0.203. The minimum atomic E-state index is 0.203. The lowest BCUT2D eigenvalue weighted by atomic mass is 10.1. The van der Waals surface area contributed by atoms with Crippen LogP contribution < -0.4 is 0 Å². The summed E-state index contributed by atoms with van der Waals surface area (Å²) in [5, 5.41) is 18.2. The van der Waals surface area contributed by atoms with Gasteiger partial charge in [0.25, 0.3) is 0 Å². The molecule has 0 saturated heterocycles. The fourth-order valence-corrected chi connectivity index (χ4v) is 1.14. The van der Waals surface area contributed by atoms with Gasteiger partial charge in [0.15, 0.2) is 0 Å². The Kier molecular flexibility index (Phi) is 2.95. The van der Waals surface area contributed by atoms with Gasteiger partial charge in [-0.25, -0.2) is 0 Å². The summed E-state index contributed by atoms with van der Waals surface area (Å²) in [7, 11) is 0. The number of aromatic hydroxyl groups is 1. The molecule has 0 saturated carbocycles. The molecule has 0 bridgehead atoms. The summed E-state index contributed by atoms with van der Waals surface area (Å²) < 4.78 is 0. The van der Waals surface area contributed by atoms with E-state index >= 15 is 0 Å². The number of nitrogens with zero attached hydrogens (tertiary/aromatic N) is 1. The fraction of sp³-hybridized carbons (Fsp3) is 0.222. The van der Waals surface area contributed by atoms with E-state index in [2.05, 4.69) is 0 Å². The van der Waals surface area contributed by atoms with Crippen molar-refractivity contribution >= 4 is 11.6 Å². The molecule has 12 heavy (non-hydrogen) atoms. The molecule has 0 amide bonds. The van der Waals surface area contributed by atoms with Crippen molar-refractivity contribution in [2.75, 3.05) is 0 Å². The van der Waals surface area contributed by atoms with E-state index in [0.29, 0.717) is 17.9 Å². The van der Waals surface area contributed by atoms with Crippen LogP contribution in [0.4, 0.5) is 0 Å². The van der Waals surface area contributed by atoms with Gasteiger partial charge in [0.1, 0.15) is 5.75 Å². The second-order valence-corrected chi connectivity index (χ2v) is 2.87. The van der Waals surface area contributed by atoms with Gasteiger partial charge in [-0.2, -0.15) is 5.26 Å². The second-order valence-electron chi connectivity index (χ2n) is 2.43. The Labute approximate surface area is 76.0 Å². The number of phenols is 1. The van der Waals surface area contributed by atoms with Gasteiger partial charge < -0.3 is 5.11 Å². The predicted octanol–water partition coefficient (Wildman–Crippen LogP) is 2.50. The third-order valence-corrected chi connectivity index (χ3v) is 1.78. The fourth-order valence-electron chi connectivity index (χ4n) is 0.945. The summed E-state index contributed by atoms with van der Waals surface area (Å²) in [5.41, 5.74) is 0.726. The molecule has 0 aliphatic rings. The Hall–Kier alpha value is -1.20. The first-order chi connectivity index (χ1) is 5.74. The monoisotopic (exact) mass is 181 g/mol. The van der Waals surface area contributed by atoms with Gasteiger partial charge in [-0.3, -0.25) is 0 Å². The van der Waals surface area contributed by atoms with E-state index in [1.54, 1.807) is 12.1 Å². The summed E-state index contributed by atoms with van der Waals surface area (Å²) in [6.07, 6.45) is 0.941. The van der Waals surface area contributed by atoms with Gasteiger partial charge in [-0.05, 0) is 30.2 Å². The van der Waals surface area contributed by atoms with Crippen LogP contribution in [0.1, 0.15) is 12.0 Å². The van der Waals surface area contributed by atoms with E-state index in [4.69, 9.17) is 16.9 Å². The van der Waals surface area contributed by atoms with Crippen LogP contribution in [0.15, 0.2) is 18.2 Å². The van der Waals surface area contributed by atoms with Gasteiger partial charge in [0.2, 0.25) is 0 Å². The molecule has 1 N–H and O–H groups in total. The van der Waals surface area contributed by atoms with Crippen molar-refractivity contribution in [1.82, 2.24) is 0 Å². The molecule has 0 fully saturated rings. The molecule has 2 nitrogen and oxygen atoms in total. The Morgan fingerprint density at radius 2 is 2.25 bits per heavy atom. The van der Waals surface area contributed by atoms with Crippen molar-refractivity contribution in [2.24, 2.45) is 0 Å². The lowest BCUT2D eigenvalue weighted by Crippen LogP contribution is -1.84. The number of hydrogen-bond acceptors (Lipinski definition) is 2. The number of hydrogen-bond donors (Lipinski definition) is 1. The predicted molar refractivity (Wildman–Crippen MR) is 47.1 cm³/mol. The van der Waals surface area contributed by atoms with E-state index in [0.717, 1.165) is 5.56 Å². The average molecular weight is 182 g/mol. The van der Waals surface area contributed by atoms with Gasteiger partial charge in [0, 0.05) is 11.4 Å². The van der Waals surface area contributed by atoms with Crippen molar-refractivity contribution in [2.45, 2.75) is 12.8 Å². The molecule has 0 unspecified atom stereocenters.